The highest BCUT2D eigenvalue weighted by Crippen LogP contribution is 2.41. The van der Waals surface area contributed by atoms with Gasteiger partial charge in [0.25, 0.3) is 5.91 Å². The van der Waals surface area contributed by atoms with Crippen molar-refractivity contribution in [2.45, 2.75) is 35.3 Å². The monoisotopic (exact) mass is 420 g/mol. The molecule has 1 saturated carbocycles. The van der Waals surface area contributed by atoms with Crippen LogP contribution in [-0.2, 0) is 14.6 Å². The molecule has 0 unspecified atom stereocenters. The Hall–Kier alpha value is -2.38. The Balaban J connectivity index is 1.95. The molecule has 0 atom stereocenters. The molecular formula is C20H21ClN2O4S. The summed E-state index contributed by atoms with van der Waals surface area (Å²) in [5.41, 5.74) is 0.755. The smallest absolute Gasteiger partial charge is 0.251 e. The first kappa shape index (κ1) is 20.4. The van der Waals surface area contributed by atoms with Crippen LogP contribution in [0.5, 0.6) is 0 Å². The molecule has 0 aromatic heterocycles. The van der Waals surface area contributed by atoms with E-state index in [1.165, 1.54) is 37.4 Å². The first-order valence-corrected chi connectivity index (χ1v) is 10.8. The average Bonchev–Trinajstić information content (AvgIpc) is 3.20. The maximum atomic E-state index is 13.4. The number of benzene rings is 2. The largest absolute Gasteiger partial charge is 0.355 e. The van der Waals surface area contributed by atoms with Crippen LogP contribution in [-0.4, -0.2) is 32.0 Å². The van der Waals surface area contributed by atoms with Crippen LogP contribution in [0, 0.1) is 0 Å². The van der Waals surface area contributed by atoms with Gasteiger partial charge in [-0.15, -0.1) is 0 Å². The molecule has 0 bridgehead atoms. The van der Waals surface area contributed by atoms with Crippen molar-refractivity contribution in [3.05, 3.63) is 59.1 Å². The third kappa shape index (κ3) is 3.64. The maximum absolute atomic E-state index is 13.4. The van der Waals surface area contributed by atoms with Gasteiger partial charge in [0, 0.05) is 23.3 Å². The Morgan fingerprint density at radius 2 is 1.68 bits per heavy atom. The number of sulfone groups is 1. The predicted molar refractivity (Wildman–Crippen MR) is 108 cm³/mol. The molecule has 2 aromatic rings. The van der Waals surface area contributed by atoms with E-state index in [0.29, 0.717) is 29.1 Å². The number of hydrogen-bond donors (Lipinski definition) is 2. The summed E-state index contributed by atoms with van der Waals surface area (Å²) in [5.74, 6) is -0.866. The second-order valence-electron chi connectivity index (χ2n) is 6.77. The quantitative estimate of drug-likeness (QED) is 0.775. The minimum atomic E-state index is -3.92. The Morgan fingerprint density at radius 1 is 1.04 bits per heavy atom. The molecule has 28 heavy (non-hydrogen) atoms. The summed E-state index contributed by atoms with van der Waals surface area (Å²) in [4.78, 5) is 25.0. The number of carbonyl (C=O) groups excluding carboxylic acids is 2. The van der Waals surface area contributed by atoms with E-state index in [1.54, 1.807) is 18.2 Å². The van der Waals surface area contributed by atoms with E-state index in [1.807, 2.05) is 0 Å². The molecule has 0 spiro atoms. The third-order valence-electron chi connectivity index (χ3n) is 5.07. The van der Waals surface area contributed by atoms with E-state index >= 15 is 0 Å². The average molecular weight is 421 g/mol. The fraction of sp³-hybridized carbons (Fsp3) is 0.300. The number of halogens is 1. The van der Waals surface area contributed by atoms with Crippen LogP contribution >= 0.6 is 11.6 Å². The van der Waals surface area contributed by atoms with Crippen LogP contribution in [0.1, 0.15) is 36.0 Å². The summed E-state index contributed by atoms with van der Waals surface area (Å²) in [6.07, 6.45) is 1.80. The van der Waals surface area contributed by atoms with Crippen molar-refractivity contribution in [2.24, 2.45) is 0 Å². The van der Waals surface area contributed by atoms with Crippen molar-refractivity contribution < 1.29 is 18.0 Å². The van der Waals surface area contributed by atoms with Crippen LogP contribution in [0.15, 0.2) is 53.4 Å². The molecule has 0 heterocycles. The minimum absolute atomic E-state index is 0.0769. The normalized spacial score (nSPS) is 15.8. The van der Waals surface area contributed by atoms with E-state index in [0.717, 1.165) is 0 Å². The highest BCUT2D eigenvalue weighted by atomic mass is 35.5. The lowest BCUT2D eigenvalue weighted by molar-refractivity contribution is -0.118. The Bertz CT molecular complexity index is 997. The van der Waals surface area contributed by atoms with E-state index in [4.69, 9.17) is 11.6 Å². The summed E-state index contributed by atoms with van der Waals surface area (Å²) >= 11 is 5.87. The van der Waals surface area contributed by atoms with Gasteiger partial charge >= 0.3 is 0 Å². The van der Waals surface area contributed by atoms with E-state index < -0.39 is 20.5 Å². The van der Waals surface area contributed by atoms with E-state index in [9.17, 15) is 18.0 Å². The molecule has 148 valence electrons. The van der Waals surface area contributed by atoms with Gasteiger partial charge in [-0.25, -0.2) is 8.42 Å². The Morgan fingerprint density at radius 3 is 2.29 bits per heavy atom. The lowest BCUT2D eigenvalue weighted by Gasteiger charge is -2.27. The molecule has 0 radical (unpaired) electrons. The van der Waals surface area contributed by atoms with Gasteiger partial charge in [0.05, 0.1) is 4.90 Å². The van der Waals surface area contributed by atoms with Crippen LogP contribution in [0.2, 0.25) is 5.02 Å². The van der Waals surface area contributed by atoms with Gasteiger partial charge in [0.2, 0.25) is 5.91 Å². The zero-order valence-corrected chi connectivity index (χ0v) is 16.9. The van der Waals surface area contributed by atoms with Crippen molar-refractivity contribution >= 4 is 38.9 Å². The molecule has 1 fully saturated rings. The molecule has 8 heteroatoms. The molecule has 2 N–H and O–H groups in total. The van der Waals surface area contributed by atoms with Crippen LogP contribution in [0.4, 0.5) is 5.69 Å². The first-order chi connectivity index (χ1) is 13.3. The van der Waals surface area contributed by atoms with Gasteiger partial charge in [-0.3, -0.25) is 9.59 Å². The van der Waals surface area contributed by atoms with Gasteiger partial charge in [-0.05, 0) is 55.3 Å². The number of nitrogens with one attached hydrogen (secondary N) is 2. The number of hydrogen-bond acceptors (Lipinski definition) is 4. The van der Waals surface area contributed by atoms with Crippen LogP contribution in [0.25, 0.3) is 0 Å². The molecule has 2 amide bonds. The topological polar surface area (TPSA) is 92.3 Å². The number of rotatable bonds is 5. The van der Waals surface area contributed by atoms with Crippen molar-refractivity contribution in [3.63, 3.8) is 0 Å². The Kier molecular flexibility index (Phi) is 5.76. The van der Waals surface area contributed by atoms with Crippen LogP contribution in [0.3, 0.4) is 0 Å². The molecular weight excluding hydrogens is 400 g/mol. The fourth-order valence-corrected chi connectivity index (χ4v) is 5.72. The summed E-state index contributed by atoms with van der Waals surface area (Å²) in [7, 11) is -2.40. The lowest BCUT2D eigenvalue weighted by Crippen LogP contribution is -2.47. The van der Waals surface area contributed by atoms with Gasteiger partial charge in [0.15, 0.2) is 14.6 Å². The first-order valence-electron chi connectivity index (χ1n) is 8.94. The molecule has 3 rings (SSSR count). The molecule has 0 saturated heterocycles. The Labute approximate surface area is 169 Å². The summed E-state index contributed by atoms with van der Waals surface area (Å²) in [5, 5.41) is 5.65. The van der Waals surface area contributed by atoms with Gasteiger partial charge in [-0.2, -0.15) is 0 Å². The molecule has 1 aliphatic rings. The summed E-state index contributed by atoms with van der Waals surface area (Å²) < 4.78 is 25.2. The SMILES string of the molecule is CNC(=O)c1cccc(NC(=O)C2(S(=O)(=O)c3ccc(Cl)cc3)CCCC2)c1. The second kappa shape index (κ2) is 7.93. The number of amides is 2. The van der Waals surface area contributed by atoms with Crippen LogP contribution < -0.4 is 10.6 Å². The van der Waals surface area contributed by atoms with Crippen molar-refractivity contribution in [1.29, 1.82) is 0 Å². The lowest BCUT2D eigenvalue weighted by atomic mass is 10.1. The third-order valence-corrected chi connectivity index (χ3v) is 7.84. The number of carbonyl (C=O) groups is 2. The zero-order chi connectivity index (χ0) is 20.4. The molecule has 6 nitrogen and oxygen atoms in total. The standard InChI is InChI=1S/C20H21ClN2O4S/c1-22-18(24)14-5-4-6-16(13-14)23-19(25)20(11-2-3-12-20)28(26,27)17-9-7-15(21)8-10-17/h4-10,13H,2-3,11-12H2,1H3,(H,22,24)(H,23,25). The van der Waals surface area contributed by atoms with E-state index in [-0.39, 0.29) is 23.6 Å². The highest BCUT2D eigenvalue weighted by Gasteiger charge is 2.52. The van der Waals surface area contributed by atoms with Gasteiger partial charge < -0.3 is 10.6 Å². The molecule has 2 aromatic carbocycles. The maximum Gasteiger partial charge on any atom is 0.251 e. The summed E-state index contributed by atoms with van der Waals surface area (Å²) in [6, 6.07) is 12.3. The molecule has 1 aliphatic carbocycles. The fourth-order valence-electron chi connectivity index (χ4n) is 3.53. The van der Waals surface area contributed by atoms with E-state index in [2.05, 4.69) is 10.6 Å². The van der Waals surface area contributed by atoms with Crippen molar-refractivity contribution in [2.75, 3.05) is 12.4 Å². The van der Waals surface area contributed by atoms with Gasteiger partial charge in [0.1, 0.15) is 0 Å². The second-order valence-corrected chi connectivity index (χ2v) is 9.47. The predicted octanol–water partition coefficient (Wildman–Crippen LogP) is 3.42. The minimum Gasteiger partial charge on any atom is -0.355 e. The molecule has 0 aliphatic heterocycles. The highest BCUT2D eigenvalue weighted by molar-refractivity contribution is 7.93. The summed E-state index contributed by atoms with van der Waals surface area (Å²) in [6.45, 7) is 0. The zero-order valence-electron chi connectivity index (χ0n) is 15.4. The number of anilines is 1. The van der Waals surface area contributed by atoms with Crippen molar-refractivity contribution in [1.82, 2.24) is 5.32 Å². The van der Waals surface area contributed by atoms with Crippen molar-refractivity contribution in [3.8, 4) is 0 Å². The van der Waals surface area contributed by atoms with Gasteiger partial charge in [-0.1, -0.05) is 30.5 Å².